The topological polar surface area (TPSA) is 67.3 Å². The van der Waals surface area contributed by atoms with Gasteiger partial charge in [0, 0.05) is 30.5 Å². The summed E-state index contributed by atoms with van der Waals surface area (Å²) >= 11 is 1.43. The second-order valence-electron chi connectivity index (χ2n) is 3.98. The van der Waals surface area contributed by atoms with Crippen LogP contribution in [0.3, 0.4) is 0 Å². The van der Waals surface area contributed by atoms with Gasteiger partial charge in [-0.3, -0.25) is 4.79 Å². The Morgan fingerprint density at radius 1 is 1.59 bits per heavy atom. The Hall–Kier alpha value is -1.02. The highest BCUT2D eigenvalue weighted by molar-refractivity contribution is 7.86. The van der Waals surface area contributed by atoms with Crippen molar-refractivity contribution in [1.82, 2.24) is 9.88 Å². The molecule has 0 aliphatic carbocycles. The molecular weight excluding hydrogens is 267 g/mol. The van der Waals surface area contributed by atoms with Gasteiger partial charge in [-0.1, -0.05) is 0 Å². The first kappa shape index (κ1) is 12.4. The van der Waals surface area contributed by atoms with Gasteiger partial charge in [0.15, 0.2) is 0 Å². The fraction of sp³-hybridized carbons (Fsp3) is 0.556. The number of hydrogen-bond donors (Lipinski definition) is 0. The number of aromatic nitrogens is 1. The molecule has 1 amide bonds. The number of halogens is 1. The second kappa shape index (κ2) is 4.69. The molecule has 2 rings (SSSR count). The summed E-state index contributed by atoms with van der Waals surface area (Å²) in [6.45, 7) is 0.654. The Kier molecular flexibility index (Phi) is 3.43. The summed E-state index contributed by atoms with van der Waals surface area (Å²) in [5.74, 6) is -1.17. The third kappa shape index (κ3) is 3.47. The summed E-state index contributed by atoms with van der Waals surface area (Å²) in [7, 11) is -4.51. The van der Waals surface area contributed by atoms with Crippen LogP contribution >= 0.6 is 11.3 Å². The maximum atomic E-state index is 12.5. The third-order valence-corrected chi connectivity index (χ3v) is 4.17. The van der Waals surface area contributed by atoms with Crippen LogP contribution < -0.4 is 0 Å². The van der Waals surface area contributed by atoms with Crippen LogP contribution in [0.25, 0.3) is 0 Å². The average Bonchev–Trinajstić information content (AvgIpc) is 2.75. The minimum absolute atomic E-state index is 0.0918. The molecule has 1 aliphatic heterocycles. The van der Waals surface area contributed by atoms with Crippen molar-refractivity contribution in [3.63, 3.8) is 0 Å². The minimum atomic E-state index is -4.51. The zero-order chi connectivity index (χ0) is 12.5. The van der Waals surface area contributed by atoms with Crippen molar-refractivity contribution < 1.29 is 17.1 Å². The number of nitrogens with zero attached hydrogens (tertiary/aromatic N) is 2. The number of likely N-dealkylation sites (tertiary alicyclic amines) is 1. The van der Waals surface area contributed by atoms with Crippen molar-refractivity contribution in [2.45, 2.75) is 13.0 Å². The van der Waals surface area contributed by atoms with E-state index >= 15 is 0 Å². The van der Waals surface area contributed by atoms with E-state index in [1.54, 1.807) is 11.6 Å². The van der Waals surface area contributed by atoms with Crippen LogP contribution in [0.4, 0.5) is 3.89 Å². The van der Waals surface area contributed by atoms with Gasteiger partial charge in [0.25, 0.3) is 0 Å². The molecule has 1 fully saturated rings. The van der Waals surface area contributed by atoms with Crippen LogP contribution in [0.2, 0.25) is 0 Å². The van der Waals surface area contributed by atoms with Crippen LogP contribution in [0.15, 0.2) is 11.6 Å². The summed E-state index contributed by atoms with van der Waals surface area (Å²) in [5.41, 5.74) is 0. The zero-order valence-corrected chi connectivity index (χ0v) is 10.5. The highest BCUT2D eigenvalue weighted by atomic mass is 32.3. The van der Waals surface area contributed by atoms with Crippen molar-refractivity contribution in [2.75, 3.05) is 12.3 Å². The van der Waals surface area contributed by atoms with E-state index in [9.17, 15) is 17.1 Å². The SMILES string of the molecule is O=C1CC(CS(=O)(=O)F)CN1Cc1nccs1. The highest BCUT2D eigenvalue weighted by Crippen LogP contribution is 2.22. The lowest BCUT2D eigenvalue weighted by molar-refractivity contribution is -0.128. The molecule has 94 valence electrons. The molecule has 1 aliphatic rings. The number of hydrogen-bond acceptors (Lipinski definition) is 5. The standard InChI is InChI=1S/C9H11FN2O3S2/c10-17(14,15)6-7-3-9(13)12(4-7)5-8-11-1-2-16-8/h1-2,7H,3-6H2. The van der Waals surface area contributed by atoms with Crippen molar-refractivity contribution in [3.05, 3.63) is 16.6 Å². The summed E-state index contributed by atoms with van der Waals surface area (Å²) in [5, 5.41) is 2.60. The zero-order valence-electron chi connectivity index (χ0n) is 8.87. The van der Waals surface area contributed by atoms with E-state index in [4.69, 9.17) is 0 Å². The summed E-state index contributed by atoms with van der Waals surface area (Å²) in [4.78, 5) is 17.2. The normalized spacial score (nSPS) is 21.1. The van der Waals surface area contributed by atoms with E-state index in [2.05, 4.69) is 4.98 Å². The summed E-state index contributed by atoms with van der Waals surface area (Å²) < 4.78 is 33.5. The molecule has 1 saturated heterocycles. The molecule has 0 radical (unpaired) electrons. The molecule has 0 spiro atoms. The Balaban J connectivity index is 1.96. The van der Waals surface area contributed by atoms with Gasteiger partial charge in [-0.15, -0.1) is 15.2 Å². The fourth-order valence-corrected chi connectivity index (χ4v) is 3.31. The Labute approximate surface area is 102 Å². The lowest BCUT2D eigenvalue weighted by Crippen LogP contribution is -2.25. The second-order valence-corrected chi connectivity index (χ2v) is 6.37. The first-order chi connectivity index (χ1) is 7.94. The molecule has 0 bridgehead atoms. The van der Waals surface area contributed by atoms with Crippen molar-refractivity contribution in [1.29, 1.82) is 0 Å². The van der Waals surface area contributed by atoms with E-state index < -0.39 is 21.9 Å². The van der Waals surface area contributed by atoms with Crippen molar-refractivity contribution >= 4 is 27.5 Å². The first-order valence-electron chi connectivity index (χ1n) is 5.02. The van der Waals surface area contributed by atoms with Crippen LogP contribution in [0.5, 0.6) is 0 Å². The molecule has 1 atom stereocenters. The lowest BCUT2D eigenvalue weighted by Gasteiger charge is -2.14. The molecule has 1 aromatic rings. The number of carbonyl (C=O) groups excluding carboxylic acids is 1. The van der Waals surface area contributed by atoms with Crippen LogP contribution in [0, 0.1) is 5.92 Å². The van der Waals surface area contributed by atoms with E-state index in [1.165, 1.54) is 16.2 Å². The predicted octanol–water partition coefficient (Wildman–Crippen LogP) is 0.791. The molecule has 0 saturated carbocycles. The summed E-state index contributed by atoms with van der Waals surface area (Å²) in [6.07, 6.45) is 1.73. The fourth-order valence-electron chi connectivity index (χ4n) is 1.89. The molecule has 0 N–H and O–H groups in total. The van der Waals surface area contributed by atoms with E-state index in [1.807, 2.05) is 0 Å². The highest BCUT2D eigenvalue weighted by Gasteiger charge is 2.32. The van der Waals surface area contributed by atoms with Gasteiger partial charge < -0.3 is 4.90 Å². The molecule has 1 unspecified atom stereocenters. The van der Waals surface area contributed by atoms with Gasteiger partial charge in [0.1, 0.15) is 5.01 Å². The monoisotopic (exact) mass is 278 g/mol. The van der Waals surface area contributed by atoms with Crippen molar-refractivity contribution in [2.24, 2.45) is 5.92 Å². The van der Waals surface area contributed by atoms with Gasteiger partial charge >= 0.3 is 10.2 Å². The average molecular weight is 278 g/mol. The molecule has 17 heavy (non-hydrogen) atoms. The Morgan fingerprint density at radius 2 is 2.35 bits per heavy atom. The largest absolute Gasteiger partial charge is 0.336 e. The van der Waals surface area contributed by atoms with Gasteiger partial charge in [-0.05, 0) is 0 Å². The quantitative estimate of drug-likeness (QED) is 0.764. The number of amides is 1. The van der Waals surface area contributed by atoms with E-state index in [-0.39, 0.29) is 18.9 Å². The van der Waals surface area contributed by atoms with Crippen molar-refractivity contribution in [3.8, 4) is 0 Å². The molecule has 5 nitrogen and oxygen atoms in total. The number of thiazole rings is 1. The first-order valence-corrected chi connectivity index (χ1v) is 7.46. The molecule has 8 heteroatoms. The van der Waals surface area contributed by atoms with Crippen LogP contribution in [0.1, 0.15) is 11.4 Å². The smallest absolute Gasteiger partial charge is 0.302 e. The van der Waals surface area contributed by atoms with Gasteiger partial charge in [-0.25, -0.2) is 4.98 Å². The number of rotatable bonds is 4. The Morgan fingerprint density at radius 3 is 2.94 bits per heavy atom. The summed E-state index contributed by atoms with van der Waals surface area (Å²) in [6, 6.07) is 0. The molecule has 1 aromatic heterocycles. The van der Waals surface area contributed by atoms with Gasteiger partial charge in [-0.2, -0.15) is 8.42 Å². The molecule has 2 heterocycles. The van der Waals surface area contributed by atoms with Gasteiger partial charge in [0.05, 0.1) is 12.3 Å². The maximum absolute atomic E-state index is 12.5. The van der Waals surface area contributed by atoms with E-state index in [0.717, 1.165) is 5.01 Å². The van der Waals surface area contributed by atoms with E-state index in [0.29, 0.717) is 6.54 Å². The Bertz CT molecular complexity index is 500. The molecular formula is C9H11FN2O3S2. The predicted molar refractivity (Wildman–Crippen MR) is 60.5 cm³/mol. The number of carbonyl (C=O) groups is 1. The minimum Gasteiger partial charge on any atom is -0.336 e. The van der Waals surface area contributed by atoms with Crippen LogP contribution in [-0.2, 0) is 21.6 Å². The maximum Gasteiger partial charge on any atom is 0.302 e. The molecule has 0 aromatic carbocycles. The lowest BCUT2D eigenvalue weighted by atomic mass is 10.1. The van der Waals surface area contributed by atoms with Gasteiger partial charge in [0.2, 0.25) is 5.91 Å². The third-order valence-electron chi connectivity index (χ3n) is 2.54. The van der Waals surface area contributed by atoms with Crippen LogP contribution in [-0.4, -0.2) is 36.5 Å².